The number of carbonyl (C=O) groups excluding carboxylic acids is 1. The molecule has 3 aromatic rings. The summed E-state index contributed by atoms with van der Waals surface area (Å²) in [6.07, 6.45) is 1.60. The van der Waals surface area contributed by atoms with Gasteiger partial charge in [-0.05, 0) is 31.2 Å². The molecule has 0 fully saturated rings. The third kappa shape index (κ3) is 3.20. The number of hydrogen-bond donors (Lipinski definition) is 1. The van der Waals surface area contributed by atoms with Gasteiger partial charge >= 0.3 is 0 Å². The van der Waals surface area contributed by atoms with E-state index in [0.717, 1.165) is 22.2 Å². The van der Waals surface area contributed by atoms with Gasteiger partial charge in [0, 0.05) is 29.2 Å². The summed E-state index contributed by atoms with van der Waals surface area (Å²) in [6.45, 7) is 1.95. The molecule has 1 amide bonds. The number of amides is 1. The zero-order valence-electron chi connectivity index (χ0n) is 14.2. The van der Waals surface area contributed by atoms with Crippen LogP contribution >= 0.6 is 23.2 Å². The zero-order chi connectivity index (χ0) is 18.8. The van der Waals surface area contributed by atoms with Gasteiger partial charge in [0.1, 0.15) is 11.6 Å². The van der Waals surface area contributed by atoms with Crippen molar-refractivity contribution in [2.24, 2.45) is 7.05 Å². The highest BCUT2D eigenvalue weighted by Gasteiger charge is 2.16. The lowest BCUT2D eigenvalue weighted by Gasteiger charge is -2.07. The molecule has 1 N–H and O–H groups in total. The van der Waals surface area contributed by atoms with Gasteiger partial charge in [-0.2, -0.15) is 5.26 Å². The SMILES string of the molecule is Cc1c(/C=C(/C#N)C(=O)Nc2cccc(Cl)c2Cl)c2ccccc2n1C. The standard InChI is InChI=1S/C20H15Cl2N3O/c1-12-15(14-6-3-4-9-18(14)25(12)2)10-13(11-23)20(26)24-17-8-5-7-16(21)19(17)22/h3-10H,1-2H3,(H,24,26)/b13-10-. The highest BCUT2D eigenvalue weighted by molar-refractivity contribution is 6.44. The second-order valence-corrected chi connectivity index (χ2v) is 6.59. The summed E-state index contributed by atoms with van der Waals surface area (Å²) in [7, 11) is 1.95. The molecule has 0 saturated carbocycles. The van der Waals surface area contributed by atoms with E-state index >= 15 is 0 Å². The van der Waals surface area contributed by atoms with E-state index in [4.69, 9.17) is 23.2 Å². The van der Waals surface area contributed by atoms with E-state index in [1.54, 1.807) is 24.3 Å². The molecule has 26 heavy (non-hydrogen) atoms. The summed E-state index contributed by atoms with van der Waals surface area (Å²) >= 11 is 12.1. The van der Waals surface area contributed by atoms with Gasteiger partial charge in [0.15, 0.2) is 0 Å². The Balaban J connectivity index is 2.02. The first-order valence-corrected chi connectivity index (χ1v) is 8.60. The summed E-state index contributed by atoms with van der Waals surface area (Å²) in [5, 5.41) is 13.7. The van der Waals surface area contributed by atoms with Crippen molar-refractivity contribution >= 4 is 51.8 Å². The number of para-hydroxylation sites is 1. The van der Waals surface area contributed by atoms with Crippen molar-refractivity contribution in [2.75, 3.05) is 5.32 Å². The molecule has 3 rings (SSSR count). The van der Waals surface area contributed by atoms with Gasteiger partial charge in [-0.3, -0.25) is 4.79 Å². The van der Waals surface area contributed by atoms with Crippen LogP contribution in [0.2, 0.25) is 10.0 Å². The van der Waals surface area contributed by atoms with Gasteiger partial charge in [-0.25, -0.2) is 0 Å². The minimum absolute atomic E-state index is 0.0134. The Labute approximate surface area is 161 Å². The molecule has 130 valence electrons. The third-order valence-corrected chi connectivity index (χ3v) is 5.12. The van der Waals surface area contributed by atoms with Crippen molar-refractivity contribution in [3.63, 3.8) is 0 Å². The van der Waals surface area contributed by atoms with Crippen LogP contribution in [0.1, 0.15) is 11.3 Å². The maximum Gasteiger partial charge on any atom is 0.266 e. The molecule has 0 aliphatic carbocycles. The lowest BCUT2D eigenvalue weighted by molar-refractivity contribution is -0.112. The molecule has 4 nitrogen and oxygen atoms in total. The number of carbonyl (C=O) groups is 1. The largest absolute Gasteiger partial charge is 0.347 e. The van der Waals surface area contributed by atoms with Crippen molar-refractivity contribution in [2.45, 2.75) is 6.92 Å². The number of halogens is 2. The fourth-order valence-corrected chi connectivity index (χ4v) is 3.16. The highest BCUT2D eigenvalue weighted by Crippen LogP contribution is 2.30. The van der Waals surface area contributed by atoms with Crippen molar-refractivity contribution in [1.29, 1.82) is 5.26 Å². The summed E-state index contributed by atoms with van der Waals surface area (Å²) in [6, 6.07) is 14.7. The van der Waals surface area contributed by atoms with Gasteiger partial charge in [-0.1, -0.05) is 47.5 Å². The minimum Gasteiger partial charge on any atom is -0.347 e. The van der Waals surface area contributed by atoms with Gasteiger partial charge in [0.2, 0.25) is 0 Å². The smallest absolute Gasteiger partial charge is 0.266 e. The first kappa shape index (κ1) is 18.1. The monoisotopic (exact) mass is 383 g/mol. The number of rotatable bonds is 3. The second-order valence-electron chi connectivity index (χ2n) is 5.80. The minimum atomic E-state index is -0.538. The Kier molecular flexibility index (Phi) is 5.03. The molecular formula is C20H15Cl2N3O. The Morgan fingerprint density at radius 3 is 2.65 bits per heavy atom. The molecule has 6 heteroatoms. The summed E-state index contributed by atoms with van der Waals surface area (Å²) in [5.74, 6) is -0.538. The molecule has 1 heterocycles. The number of aryl methyl sites for hydroxylation is 1. The van der Waals surface area contributed by atoms with Crippen LogP contribution in [0.3, 0.4) is 0 Å². The number of aromatic nitrogens is 1. The molecule has 1 aromatic heterocycles. The Morgan fingerprint density at radius 2 is 1.92 bits per heavy atom. The molecule has 0 saturated heterocycles. The van der Waals surface area contributed by atoms with E-state index in [2.05, 4.69) is 5.32 Å². The Hall–Kier alpha value is -2.74. The van der Waals surface area contributed by atoms with E-state index in [9.17, 15) is 10.1 Å². The topological polar surface area (TPSA) is 57.8 Å². The van der Waals surface area contributed by atoms with Crippen molar-refractivity contribution in [3.05, 3.63) is 69.3 Å². The third-order valence-electron chi connectivity index (χ3n) is 4.30. The molecule has 0 unspecified atom stereocenters. The van der Waals surface area contributed by atoms with Crippen LogP contribution in [0.15, 0.2) is 48.0 Å². The van der Waals surface area contributed by atoms with Gasteiger partial charge < -0.3 is 9.88 Å². The van der Waals surface area contributed by atoms with E-state index in [1.165, 1.54) is 0 Å². The van der Waals surface area contributed by atoms with Gasteiger partial charge in [0.25, 0.3) is 5.91 Å². The molecular weight excluding hydrogens is 369 g/mol. The van der Waals surface area contributed by atoms with Gasteiger partial charge in [-0.15, -0.1) is 0 Å². The molecule has 0 aliphatic rings. The molecule has 2 aromatic carbocycles. The number of anilines is 1. The average Bonchev–Trinajstić information content (AvgIpc) is 2.88. The quantitative estimate of drug-likeness (QED) is 0.490. The number of nitriles is 1. The molecule has 0 radical (unpaired) electrons. The van der Waals surface area contributed by atoms with Crippen LogP contribution in [0.4, 0.5) is 5.69 Å². The summed E-state index contributed by atoms with van der Waals surface area (Å²) < 4.78 is 2.03. The average molecular weight is 384 g/mol. The molecule has 0 atom stereocenters. The van der Waals surface area contributed by atoms with Crippen LogP contribution in [-0.4, -0.2) is 10.5 Å². The van der Waals surface area contributed by atoms with Crippen molar-refractivity contribution in [3.8, 4) is 6.07 Å². The van der Waals surface area contributed by atoms with Crippen molar-refractivity contribution < 1.29 is 4.79 Å². The first-order chi connectivity index (χ1) is 12.4. The number of benzene rings is 2. The normalized spacial score (nSPS) is 11.4. The Bertz CT molecular complexity index is 1090. The fraction of sp³-hybridized carbons (Fsp3) is 0.100. The maximum atomic E-state index is 12.6. The molecule has 0 aliphatic heterocycles. The number of hydrogen-bond acceptors (Lipinski definition) is 2. The van der Waals surface area contributed by atoms with E-state index < -0.39 is 5.91 Å². The van der Waals surface area contributed by atoms with E-state index in [-0.39, 0.29) is 10.6 Å². The summed E-state index contributed by atoms with van der Waals surface area (Å²) in [5.41, 5.74) is 3.19. The Morgan fingerprint density at radius 1 is 1.19 bits per heavy atom. The van der Waals surface area contributed by atoms with Gasteiger partial charge in [0.05, 0.1) is 15.7 Å². The maximum absolute atomic E-state index is 12.6. The van der Waals surface area contributed by atoms with Crippen LogP contribution in [0.5, 0.6) is 0 Å². The molecule has 0 spiro atoms. The fourth-order valence-electron chi connectivity index (χ4n) is 2.82. The van der Waals surface area contributed by atoms with Crippen LogP contribution in [0.25, 0.3) is 17.0 Å². The predicted molar refractivity (Wildman–Crippen MR) is 106 cm³/mol. The molecule has 0 bridgehead atoms. The van der Waals surface area contributed by atoms with Crippen LogP contribution < -0.4 is 5.32 Å². The van der Waals surface area contributed by atoms with Crippen LogP contribution in [0, 0.1) is 18.3 Å². The number of fused-ring (bicyclic) bond motifs is 1. The highest BCUT2D eigenvalue weighted by atomic mass is 35.5. The van der Waals surface area contributed by atoms with E-state index in [0.29, 0.717) is 10.7 Å². The van der Waals surface area contributed by atoms with Crippen molar-refractivity contribution in [1.82, 2.24) is 4.57 Å². The lowest BCUT2D eigenvalue weighted by atomic mass is 10.1. The van der Waals surface area contributed by atoms with Crippen LogP contribution in [-0.2, 0) is 11.8 Å². The number of nitrogens with zero attached hydrogens (tertiary/aromatic N) is 2. The number of nitrogens with one attached hydrogen (secondary N) is 1. The summed E-state index contributed by atoms with van der Waals surface area (Å²) in [4.78, 5) is 12.6. The zero-order valence-corrected chi connectivity index (χ0v) is 15.7. The second kappa shape index (κ2) is 7.25. The van der Waals surface area contributed by atoms with E-state index in [1.807, 2.05) is 48.9 Å². The predicted octanol–water partition coefficient (Wildman–Crippen LogP) is 5.34. The first-order valence-electron chi connectivity index (χ1n) is 7.85. The lowest BCUT2D eigenvalue weighted by Crippen LogP contribution is -2.13.